The number of rotatable bonds is 8. The fourth-order valence-electron chi connectivity index (χ4n) is 2.66. The quantitative estimate of drug-likeness (QED) is 0.347. The van der Waals surface area contributed by atoms with Gasteiger partial charge in [0.25, 0.3) is 5.91 Å². The zero-order chi connectivity index (χ0) is 22.4. The molecule has 0 aliphatic carbocycles. The molecule has 7 nitrogen and oxygen atoms in total. The lowest BCUT2D eigenvalue weighted by Gasteiger charge is -2.14. The van der Waals surface area contributed by atoms with Crippen molar-refractivity contribution in [3.8, 4) is 11.5 Å². The summed E-state index contributed by atoms with van der Waals surface area (Å²) in [6, 6.07) is 10.6. The molecule has 0 spiro atoms. The van der Waals surface area contributed by atoms with Crippen LogP contribution in [0.1, 0.15) is 33.4 Å². The Balaban J connectivity index is 1.70. The van der Waals surface area contributed by atoms with Crippen LogP contribution in [0.5, 0.6) is 11.5 Å². The summed E-state index contributed by atoms with van der Waals surface area (Å²) in [7, 11) is 0. The molecule has 0 aliphatic heterocycles. The zero-order valence-corrected chi connectivity index (χ0v) is 19.1. The molecule has 10 heteroatoms. The lowest BCUT2D eigenvalue weighted by atomic mass is 10.2. The second-order valence-corrected chi connectivity index (χ2v) is 8.14. The van der Waals surface area contributed by atoms with Crippen molar-refractivity contribution in [3.05, 3.63) is 68.1 Å². The van der Waals surface area contributed by atoms with E-state index in [0.29, 0.717) is 55.0 Å². The molecule has 0 atom stereocenters. The Kier molecular flexibility index (Phi) is 7.73. The monoisotopic (exact) mass is 478 g/mol. The summed E-state index contributed by atoms with van der Waals surface area (Å²) >= 11 is 13.5. The maximum Gasteiger partial charge on any atom is 0.283 e. The summed E-state index contributed by atoms with van der Waals surface area (Å²) in [5, 5.41) is 5.39. The van der Waals surface area contributed by atoms with E-state index in [1.54, 1.807) is 43.3 Å². The van der Waals surface area contributed by atoms with Crippen molar-refractivity contribution >= 4 is 51.8 Å². The Morgan fingerprint density at radius 2 is 1.97 bits per heavy atom. The minimum atomic E-state index is -0.371. The average Bonchev–Trinajstić information content (AvgIpc) is 3.07. The van der Waals surface area contributed by atoms with Gasteiger partial charge >= 0.3 is 0 Å². The van der Waals surface area contributed by atoms with Crippen LogP contribution in [0.2, 0.25) is 10.0 Å². The fraction of sp³-hybridized carbons (Fsp3) is 0.190. The standard InChI is InChI=1S/C21H20Cl2N4O3S/c1-3-29-18-9-13(10-25-27-20(28)19-12(2)26-21(24)31-19)7-8-17(18)30-11-14-15(22)5-4-6-16(14)23/h4-10H,3,11H2,1-2H3,(H2,24,26)(H,27,28)/b25-10-. The van der Waals surface area contributed by atoms with Gasteiger partial charge in [0.15, 0.2) is 16.6 Å². The molecule has 0 bridgehead atoms. The van der Waals surface area contributed by atoms with Crippen molar-refractivity contribution in [1.82, 2.24) is 10.4 Å². The minimum absolute atomic E-state index is 0.194. The molecule has 3 aromatic rings. The number of carbonyl (C=O) groups is 1. The third-order valence-corrected chi connectivity index (χ3v) is 5.79. The van der Waals surface area contributed by atoms with E-state index in [1.165, 1.54) is 6.21 Å². The lowest BCUT2D eigenvalue weighted by molar-refractivity contribution is 0.0958. The summed E-state index contributed by atoms with van der Waals surface area (Å²) in [5.41, 5.74) is 10.1. The minimum Gasteiger partial charge on any atom is -0.490 e. The molecular weight excluding hydrogens is 459 g/mol. The van der Waals surface area contributed by atoms with Crippen LogP contribution in [0.4, 0.5) is 5.13 Å². The van der Waals surface area contributed by atoms with Crippen molar-refractivity contribution in [2.24, 2.45) is 5.10 Å². The van der Waals surface area contributed by atoms with Gasteiger partial charge in [0.1, 0.15) is 11.5 Å². The molecule has 0 saturated heterocycles. The highest BCUT2D eigenvalue weighted by atomic mass is 35.5. The molecule has 0 radical (unpaired) electrons. The number of benzene rings is 2. The Morgan fingerprint density at radius 1 is 1.23 bits per heavy atom. The van der Waals surface area contributed by atoms with Crippen LogP contribution >= 0.6 is 34.5 Å². The van der Waals surface area contributed by atoms with Crippen molar-refractivity contribution in [2.75, 3.05) is 12.3 Å². The first-order valence-corrected chi connectivity index (χ1v) is 10.8. The van der Waals surface area contributed by atoms with Crippen molar-refractivity contribution in [2.45, 2.75) is 20.5 Å². The number of nitrogens with zero attached hydrogens (tertiary/aromatic N) is 2. The second-order valence-electron chi connectivity index (χ2n) is 6.29. The van der Waals surface area contributed by atoms with E-state index >= 15 is 0 Å². The first kappa shape index (κ1) is 22.9. The molecule has 0 fully saturated rings. The highest BCUT2D eigenvalue weighted by Crippen LogP contribution is 2.31. The number of amides is 1. The number of hydrazone groups is 1. The second kappa shape index (κ2) is 10.5. The summed E-state index contributed by atoms with van der Waals surface area (Å²) in [6.07, 6.45) is 1.51. The fourth-order valence-corrected chi connectivity index (χ4v) is 3.89. The summed E-state index contributed by atoms with van der Waals surface area (Å²) < 4.78 is 11.6. The molecule has 1 heterocycles. The van der Waals surface area contributed by atoms with Gasteiger partial charge in [-0.3, -0.25) is 4.79 Å². The van der Waals surface area contributed by atoms with Crippen LogP contribution in [0.3, 0.4) is 0 Å². The summed E-state index contributed by atoms with van der Waals surface area (Å²) in [6.45, 7) is 4.24. The summed E-state index contributed by atoms with van der Waals surface area (Å²) in [5.74, 6) is 0.700. The number of aromatic nitrogens is 1. The molecule has 1 aromatic heterocycles. The van der Waals surface area contributed by atoms with Crippen LogP contribution < -0.4 is 20.6 Å². The number of halogens is 2. The lowest BCUT2D eigenvalue weighted by Crippen LogP contribution is -2.17. The number of hydrogen-bond acceptors (Lipinski definition) is 7. The maximum atomic E-state index is 12.2. The molecule has 3 N–H and O–H groups in total. The van der Waals surface area contributed by atoms with Gasteiger partial charge in [-0.15, -0.1) is 0 Å². The van der Waals surface area contributed by atoms with Gasteiger partial charge in [-0.05, 0) is 49.7 Å². The van der Waals surface area contributed by atoms with Gasteiger partial charge in [0, 0.05) is 15.6 Å². The Hall–Kier alpha value is -2.81. The number of aryl methyl sites for hydroxylation is 1. The van der Waals surface area contributed by atoms with E-state index in [4.69, 9.17) is 38.4 Å². The molecule has 0 unspecified atom stereocenters. The van der Waals surface area contributed by atoms with E-state index < -0.39 is 0 Å². The topological polar surface area (TPSA) is 98.8 Å². The van der Waals surface area contributed by atoms with Crippen molar-refractivity contribution < 1.29 is 14.3 Å². The maximum absolute atomic E-state index is 12.2. The van der Waals surface area contributed by atoms with Gasteiger partial charge in [0.05, 0.1) is 18.5 Å². The van der Waals surface area contributed by atoms with Crippen LogP contribution in [0.15, 0.2) is 41.5 Å². The van der Waals surface area contributed by atoms with Crippen LogP contribution in [-0.4, -0.2) is 23.7 Å². The molecule has 0 saturated carbocycles. The Bertz CT molecular complexity index is 1100. The smallest absolute Gasteiger partial charge is 0.283 e. The Morgan fingerprint density at radius 3 is 2.61 bits per heavy atom. The van der Waals surface area contributed by atoms with E-state index in [9.17, 15) is 4.79 Å². The van der Waals surface area contributed by atoms with Gasteiger partial charge in [-0.25, -0.2) is 10.4 Å². The van der Waals surface area contributed by atoms with Gasteiger partial charge in [-0.2, -0.15) is 5.10 Å². The van der Waals surface area contributed by atoms with Gasteiger partial charge in [0.2, 0.25) is 0 Å². The van der Waals surface area contributed by atoms with Crippen LogP contribution in [-0.2, 0) is 6.61 Å². The Labute approximate surface area is 193 Å². The largest absolute Gasteiger partial charge is 0.490 e. The van der Waals surface area contributed by atoms with E-state index in [1.807, 2.05) is 6.92 Å². The number of carbonyl (C=O) groups excluding carboxylic acids is 1. The number of thiazole rings is 1. The highest BCUT2D eigenvalue weighted by molar-refractivity contribution is 7.17. The SMILES string of the molecule is CCOc1cc(/C=N\NC(=O)c2sc(N)nc2C)ccc1OCc1c(Cl)cccc1Cl. The first-order chi connectivity index (χ1) is 14.9. The normalized spacial score (nSPS) is 11.0. The number of nitrogens with one attached hydrogen (secondary N) is 1. The molecule has 31 heavy (non-hydrogen) atoms. The summed E-state index contributed by atoms with van der Waals surface area (Å²) in [4.78, 5) is 16.6. The predicted octanol–water partition coefficient (Wildman–Crippen LogP) is 5.08. The van der Waals surface area contributed by atoms with E-state index in [2.05, 4.69) is 15.5 Å². The third-order valence-electron chi connectivity index (χ3n) is 4.10. The third kappa shape index (κ3) is 5.88. The van der Waals surface area contributed by atoms with Crippen LogP contribution in [0, 0.1) is 6.92 Å². The van der Waals surface area contributed by atoms with E-state index in [0.717, 1.165) is 11.3 Å². The molecular formula is C21H20Cl2N4O3S. The van der Waals surface area contributed by atoms with Gasteiger partial charge in [-0.1, -0.05) is 40.6 Å². The predicted molar refractivity (Wildman–Crippen MR) is 125 cm³/mol. The molecule has 1 amide bonds. The number of nitrogen functional groups attached to an aromatic ring is 1. The van der Waals surface area contributed by atoms with Gasteiger partial charge < -0.3 is 15.2 Å². The molecule has 162 valence electrons. The molecule has 0 aliphatic rings. The number of ether oxygens (including phenoxy) is 2. The van der Waals surface area contributed by atoms with Crippen molar-refractivity contribution in [1.29, 1.82) is 0 Å². The number of hydrogen-bond donors (Lipinski definition) is 2. The highest BCUT2D eigenvalue weighted by Gasteiger charge is 2.13. The van der Waals surface area contributed by atoms with Crippen LogP contribution in [0.25, 0.3) is 0 Å². The van der Waals surface area contributed by atoms with Crippen molar-refractivity contribution in [3.63, 3.8) is 0 Å². The zero-order valence-electron chi connectivity index (χ0n) is 16.8. The average molecular weight is 479 g/mol. The molecule has 2 aromatic carbocycles. The van der Waals surface area contributed by atoms with E-state index in [-0.39, 0.29) is 12.5 Å². The number of anilines is 1. The first-order valence-electron chi connectivity index (χ1n) is 9.28. The number of nitrogens with two attached hydrogens (primary N) is 1. The molecule has 3 rings (SSSR count).